The van der Waals surface area contributed by atoms with E-state index in [2.05, 4.69) is 5.32 Å². The van der Waals surface area contributed by atoms with Crippen LogP contribution in [0, 0.1) is 0 Å². The minimum atomic E-state index is 0.0226. The van der Waals surface area contributed by atoms with E-state index in [9.17, 15) is 4.79 Å². The molecular formula is C13H19NO3. The van der Waals surface area contributed by atoms with Gasteiger partial charge in [0.25, 0.3) is 0 Å². The Bertz CT molecular complexity index is 352. The number of nitrogens with one attached hydrogen (secondary N) is 1. The third-order valence-electron chi connectivity index (χ3n) is 2.35. The van der Waals surface area contributed by atoms with Crippen LogP contribution < -0.4 is 10.1 Å². The van der Waals surface area contributed by atoms with Gasteiger partial charge >= 0.3 is 0 Å². The predicted octanol–water partition coefficient (Wildman–Crippen LogP) is 1.39. The molecule has 0 unspecified atom stereocenters. The maximum atomic E-state index is 11.6. The molecule has 0 spiro atoms. The van der Waals surface area contributed by atoms with Gasteiger partial charge in [-0.15, -0.1) is 0 Å². The summed E-state index contributed by atoms with van der Waals surface area (Å²) >= 11 is 0. The minimum absolute atomic E-state index is 0.0226. The van der Waals surface area contributed by atoms with Crippen LogP contribution in [0.3, 0.4) is 0 Å². The Morgan fingerprint density at radius 1 is 1.35 bits per heavy atom. The zero-order chi connectivity index (χ0) is 12.5. The quantitative estimate of drug-likeness (QED) is 0.729. The smallest absolute Gasteiger partial charge is 0.224 e. The second-order valence-corrected chi connectivity index (χ2v) is 3.72. The molecule has 0 heterocycles. The molecule has 17 heavy (non-hydrogen) atoms. The van der Waals surface area contributed by atoms with E-state index in [1.807, 2.05) is 24.3 Å². The van der Waals surface area contributed by atoms with E-state index in [1.54, 1.807) is 14.2 Å². The molecule has 0 aliphatic carbocycles. The number of methoxy groups -OCH3 is 2. The van der Waals surface area contributed by atoms with Gasteiger partial charge in [0.1, 0.15) is 5.75 Å². The van der Waals surface area contributed by atoms with Gasteiger partial charge in [-0.3, -0.25) is 4.79 Å². The van der Waals surface area contributed by atoms with Crippen LogP contribution >= 0.6 is 0 Å². The van der Waals surface area contributed by atoms with Gasteiger partial charge in [-0.05, 0) is 24.1 Å². The monoisotopic (exact) mass is 237 g/mol. The lowest BCUT2D eigenvalue weighted by Crippen LogP contribution is -2.26. The maximum absolute atomic E-state index is 11.6. The van der Waals surface area contributed by atoms with Gasteiger partial charge in [0.05, 0.1) is 13.5 Å². The molecule has 0 aliphatic heterocycles. The largest absolute Gasteiger partial charge is 0.497 e. The van der Waals surface area contributed by atoms with E-state index >= 15 is 0 Å². The molecule has 1 aromatic rings. The molecule has 1 amide bonds. The average Bonchev–Trinajstić information content (AvgIpc) is 2.35. The molecule has 4 heteroatoms. The number of carbonyl (C=O) groups excluding carboxylic acids is 1. The predicted molar refractivity (Wildman–Crippen MR) is 66.2 cm³/mol. The van der Waals surface area contributed by atoms with Gasteiger partial charge in [0.2, 0.25) is 5.91 Å². The van der Waals surface area contributed by atoms with Crippen molar-refractivity contribution < 1.29 is 14.3 Å². The molecule has 94 valence electrons. The first-order valence-corrected chi connectivity index (χ1v) is 5.65. The van der Waals surface area contributed by atoms with Crippen LogP contribution in [0.5, 0.6) is 5.75 Å². The second-order valence-electron chi connectivity index (χ2n) is 3.72. The summed E-state index contributed by atoms with van der Waals surface area (Å²) < 4.78 is 10.0. The lowest BCUT2D eigenvalue weighted by molar-refractivity contribution is -0.120. The number of ether oxygens (including phenoxy) is 2. The van der Waals surface area contributed by atoms with Crippen molar-refractivity contribution in [2.75, 3.05) is 27.4 Å². The van der Waals surface area contributed by atoms with Crippen LogP contribution in [-0.4, -0.2) is 33.3 Å². The maximum Gasteiger partial charge on any atom is 0.224 e. The Balaban J connectivity index is 2.34. The first-order valence-electron chi connectivity index (χ1n) is 5.65. The second kappa shape index (κ2) is 7.68. The molecular weight excluding hydrogens is 218 g/mol. The normalized spacial score (nSPS) is 10.0. The van der Waals surface area contributed by atoms with Crippen LogP contribution in [0.2, 0.25) is 0 Å². The van der Waals surface area contributed by atoms with Crippen molar-refractivity contribution in [2.45, 2.75) is 12.8 Å². The molecule has 0 fully saturated rings. The number of amides is 1. The Hall–Kier alpha value is -1.55. The molecule has 1 aromatic carbocycles. The van der Waals surface area contributed by atoms with Gasteiger partial charge in [0, 0.05) is 20.3 Å². The standard InChI is InChI=1S/C13H19NO3/c1-16-8-4-7-14-13(15)10-11-5-3-6-12(9-11)17-2/h3,5-6,9H,4,7-8,10H2,1-2H3,(H,14,15). The number of hydrogen-bond acceptors (Lipinski definition) is 3. The molecule has 0 saturated heterocycles. The SMILES string of the molecule is COCCCNC(=O)Cc1cccc(OC)c1. The highest BCUT2D eigenvalue weighted by Gasteiger charge is 2.03. The van der Waals surface area contributed by atoms with Gasteiger partial charge in [-0.25, -0.2) is 0 Å². The molecule has 4 nitrogen and oxygen atoms in total. The molecule has 0 atom stereocenters. The Morgan fingerprint density at radius 3 is 2.88 bits per heavy atom. The first-order chi connectivity index (χ1) is 8.26. The van der Waals surface area contributed by atoms with Crippen LogP contribution in [-0.2, 0) is 16.0 Å². The number of rotatable bonds is 7. The summed E-state index contributed by atoms with van der Waals surface area (Å²) in [4.78, 5) is 11.6. The molecule has 0 aromatic heterocycles. The lowest BCUT2D eigenvalue weighted by Gasteiger charge is -2.06. The molecule has 1 N–H and O–H groups in total. The van der Waals surface area contributed by atoms with Crippen molar-refractivity contribution >= 4 is 5.91 Å². The molecule has 1 rings (SSSR count). The van der Waals surface area contributed by atoms with Gasteiger partial charge in [-0.2, -0.15) is 0 Å². The highest BCUT2D eigenvalue weighted by Crippen LogP contribution is 2.12. The van der Waals surface area contributed by atoms with Crippen molar-refractivity contribution in [1.82, 2.24) is 5.32 Å². The van der Waals surface area contributed by atoms with E-state index in [-0.39, 0.29) is 5.91 Å². The summed E-state index contributed by atoms with van der Waals surface area (Å²) in [7, 11) is 3.27. The zero-order valence-electron chi connectivity index (χ0n) is 10.4. The van der Waals surface area contributed by atoms with Crippen LogP contribution in [0.1, 0.15) is 12.0 Å². The molecule has 0 radical (unpaired) electrons. The highest BCUT2D eigenvalue weighted by atomic mass is 16.5. The highest BCUT2D eigenvalue weighted by molar-refractivity contribution is 5.78. The average molecular weight is 237 g/mol. The van der Waals surface area contributed by atoms with Crippen molar-refractivity contribution in [3.05, 3.63) is 29.8 Å². The third kappa shape index (κ3) is 5.36. The lowest BCUT2D eigenvalue weighted by atomic mass is 10.1. The summed E-state index contributed by atoms with van der Waals surface area (Å²) in [5.74, 6) is 0.795. The van der Waals surface area contributed by atoms with Crippen molar-refractivity contribution in [3.63, 3.8) is 0 Å². The Labute approximate surface area is 102 Å². The van der Waals surface area contributed by atoms with Crippen molar-refractivity contribution in [1.29, 1.82) is 0 Å². The van der Waals surface area contributed by atoms with Crippen LogP contribution in [0.4, 0.5) is 0 Å². The number of benzene rings is 1. The summed E-state index contributed by atoms with van der Waals surface area (Å²) in [6.45, 7) is 1.32. The fourth-order valence-electron chi connectivity index (χ4n) is 1.47. The first kappa shape index (κ1) is 13.5. The van der Waals surface area contributed by atoms with E-state index in [1.165, 1.54) is 0 Å². The molecule has 0 saturated carbocycles. The van der Waals surface area contributed by atoms with Crippen LogP contribution in [0.25, 0.3) is 0 Å². The van der Waals surface area contributed by atoms with Gasteiger partial charge in [0.15, 0.2) is 0 Å². The van der Waals surface area contributed by atoms with E-state index in [4.69, 9.17) is 9.47 Å². The van der Waals surface area contributed by atoms with E-state index in [0.29, 0.717) is 19.6 Å². The van der Waals surface area contributed by atoms with Gasteiger partial charge < -0.3 is 14.8 Å². The van der Waals surface area contributed by atoms with E-state index in [0.717, 1.165) is 17.7 Å². The van der Waals surface area contributed by atoms with Crippen LogP contribution in [0.15, 0.2) is 24.3 Å². The number of carbonyl (C=O) groups is 1. The summed E-state index contributed by atoms with van der Waals surface area (Å²) in [5, 5.41) is 2.84. The molecule has 0 aliphatic rings. The summed E-state index contributed by atoms with van der Waals surface area (Å²) in [5.41, 5.74) is 0.952. The summed E-state index contributed by atoms with van der Waals surface area (Å²) in [6.07, 6.45) is 1.21. The minimum Gasteiger partial charge on any atom is -0.497 e. The van der Waals surface area contributed by atoms with Gasteiger partial charge in [-0.1, -0.05) is 12.1 Å². The fourth-order valence-corrected chi connectivity index (χ4v) is 1.47. The topological polar surface area (TPSA) is 47.6 Å². The fraction of sp³-hybridized carbons (Fsp3) is 0.462. The number of hydrogen-bond donors (Lipinski definition) is 1. The molecule has 0 bridgehead atoms. The van der Waals surface area contributed by atoms with Crippen molar-refractivity contribution in [2.24, 2.45) is 0 Å². The van der Waals surface area contributed by atoms with Crippen molar-refractivity contribution in [3.8, 4) is 5.75 Å². The Kier molecular flexibility index (Phi) is 6.10. The zero-order valence-corrected chi connectivity index (χ0v) is 10.4. The summed E-state index contributed by atoms with van der Waals surface area (Å²) in [6, 6.07) is 7.53. The Morgan fingerprint density at radius 2 is 2.18 bits per heavy atom. The van der Waals surface area contributed by atoms with E-state index < -0.39 is 0 Å². The third-order valence-corrected chi connectivity index (χ3v) is 2.35.